The predicted molar refractivity (Wildman–Crippen MR) is 97.3 cm³/mol. The number of halogens is 4. The number of piperidine rings is 1. The minimum absolute atomic E-state index is 0.0715. The number of carbonyl (C=O) groups is 2. The number of thiophene rings is 1. The zero-order valence-corrected chi connectivity index (χ0v) is 16.4. The van der Waals surface area contributed by atoms with Crippen molar-refractivity contribution in [2.45, 2.75) is 32.0 Å². The molecule has 1 unspecified atom stereocenters. The van der Waals surface area contributed by atoms with Gasteiger partial charge in [-0.05, 0) is 31.9 Å². The van der Waals surface area contributed by atoms with E-state index in [1.54, 1.807) is 17.0 Å². The molecule has 2 amide bonds. The van der Waals surface area contributed by atoms with Crippen LogP contribution in [0.2, 0.25) is 0 Å². The van der Waals surface area contributed by atoms with Crippen LogP contribution in [0.5, 0.6) is 0 Å². The molecule has 2 aromatic rings. The molecule has 1 fully saturated rings. The average molecular weight is 436 g/mol. The molecular weight excluding hydrogens is 419 g/mol. The average Bonchev–Trinajstić information content (AvgIpc) is 3.27. The van der Waals surface area contributed by atoms with Gasteiger partial charge in [0.2, 0.25) is 11.7 Å². The van der Waals surface area contributed by atoms with Crippen LogP contribution in [0.25, 0.3) is 10.6 Å². The van der Waals surface area contributed by atoms with E-state index in [1.807, 2.05) is 0 Å². The summed E-state index contributed by atoms with van der Waals surface area (Å²) in [6, 6.07) is 2.94. The SMILES string of the molecule is Cc1c(-c2ccc(C(=O)N3CCCC(NC(=O)CCl)C3)s2)noc1C(F)(F)F. The Balaban J connectivity index is 1.74. The van der Waals surface area contributed by atoms with Gasteiger partial charge < -0.3 is 14.7 Å². The Kier molecular flexibility index (Phi) is 5.99. The molecule has 2 aromatic heterocycles. The fraction of sp³-hybridized carbons (Fsp3) is 0.471. The lowest BCUT2D eigenvalue weighted by atomic mass is 10.1. The van der Waals surface area contributed by atoms with Crippen molar-refractivity contribution in [3.05, 3.63) is 28.3 Å². The molecule has 0 spiro atoms. The minimum atomic E-state index is -4.62. The number of carbonyl (C=O) groups excluding carboxylic acids is 2. The summed E-state index contributed by atoms with van der Waals surface area (Å²) in [5.41, 5.74) is -0.0440. The van der Waals surface area contributed by atoms with E-state index in [2.05, 4.69) is 15.0 Å². The Morgan fingerprint density at radius 2 is 2.18 bits per heavy atom. The van der Waals surface area contributed by atoms with E-state index in [9.17, 15) is 22.8 Å². The summed E-state index contributed by atoms with van der Waals surface area (Å²) in [6.07, 6.45) is -3.14. The Morgan fingerprint density at radius 3 is 2.82 bits per heavy atom. The number of hydrogen-bond donors (Lipinski definition) is 1. The highest BCUT2D eigenvalue weighted by Crippen LogP contribution is 2.38. The highest BCUT2D eigenvalue weighted by Gasteiger charge is 2.39. The quantitative estimate of drug-likeness (QED) is 0.743. The third-order valence-corrected chi connectivity index (χ3v) is 5.75. The maximum absolute atomic E-state index is 12.9. The van der Waals surface area contributed by atoms with E-state index in [1.165, 1.54) is 6.92 Å². The van der Waals surface area contributed by atoms with E-state index in [0.29, 0.717) is 22.8 Å². The summed E-state index contributed by atoms with van der Waals surface area (Å²) in [4.78, 5) is 26.6. The zero-order chi connectivity index (χ0) is 20.5. The number of hydrogen-bond acceptors (Lipinski definition) is 5. The van der Waals surface area contributed by atoms with Crippen LogP contribution in [0, 0.1) is 6.92 Å². The van der Waals surface area contributed by atoms with Gasteiger partial charge in [-0.3, -0.25) is 9.59 Å². The third kappa shape index (κ3) is 4.33. The fourth-order valence-electron chi connectivity index (χ4n) is 3.11. The highest BCUT2D eigenvalue weighted by molar-refractivity contribution is 7.17. The molecule has 28 heavy (non-hydrogen) atoms. The molecular formula is C17H17ClF3N3O3S. The lowest BCUT2D eigenvalue weighted by molar-refractivity contribution is -0.156. The second kappa shape index (κ2) is 8.12. The van der Waals surface area contributed by atoms with Crippen LogP contribution in [0.4, 0.5) is 13.2 Å². The summed E-state index contributed by atoms with van der Waals surface area (Å²) in [6.45, 7) is 2.18. The second-order valence-electron chi connectivity index (χ2n) is 6.44. The molecule has 1 N–H and O–H groups in total. The Bertz CT molecular complexity index is 881. The summed E-state index contributed by atoms with van der Waals surface area (Å²) in [5, 5.41) is 6.29. The van der Waals surface area contributed by atoms with Gasteiger partial charge in [-0.15, -0.1) is 22.9 Å². The number of alkyl halides is 4. The van der Waals surface area contributed by atoms with E-state index in [-0.39, 0.29) is 35.0 Å². The summed E-state index contributed by atoms with van der Waals surface area (Å²) in [7, 11) is 0. The van der Waals surface area contributed by atoms with Crippen molar-refractivity contribution in [3.8, 4) is 10.6 Å². The number of rotatable bonds is 4. The molecule has 11 heteroatoms. The molecule has 0 aromatic carbocycles. The number of likely N-dealkylation sites (tertiary alicyclic amines) is 1. The Hall–Kier alpha value is -2.07. The minimum Gasteiger partial charge on any atom is -0.351 e. The van der Waals surface area contributed by atoms with Crippen LogP contribution in [0.3, 0.4) is 0 Å². The Morgan fingerprint density at radius 1 is 1.43 bits per heavy atom. The van der Waals surface area contributed by atoms with E-state index < -0.39 is 11.9 Å². The van der Waals surface area contributed by atoms with Crippen molar-refractivity contribution in [2.75, 3.05) is 19.0 Å². The van der Waals surface area contributed by atoms with E-state index in [0.717, 1.165) is 24.2 Å². The van der Waals surface area contributed by atoms with Gasteiger partial charge in [0, 0.05) is 24.7 Å². The first-order valence-electron chi connectivity index (χ1n) is 8.49. The lowest BCUT2D eigenvalue weighted by Gasteiger charge is -2.32. The van der Waals surface area contributed by atoms with Crippen LogP contribution in [0.1, 0.15) is 33.8 Å². The van der Waals surface area contributed by atoms with Crippen LogP contribution in [0.15, 0.2) is 16.7 Å². The summed E-state index contributed by atoms with van der Waals surface area (Å²) in [5.74, 6) is -1.81. The second-order valence-corrected chi connectivity index (χ2v) is 7.79. The molecule has 1 atom stereocenters. The van der Waals surface area contributed by atoms with Gasteiger partial charge >= 0.3 is 6.18 Å². The highest BCUT2D eigenvalue weighted by atomic mass is 35.5. The van der Waals surface area contributed by atoms with Gasteiger partial charge in [0.1, 0.15) is 11.6 Å². The van der Waals surface area contributed by atoms with Gasteiger partial charge in [0.15, 0.2) is 0 Å². The standard InChI is InChI=1S/C17H17ClF3N3O3S/c1-9-14(23-27-15(9)17(19,20)21)11-4-5-12(28-11)16(26)24-6-2-3-10(8-24)22-13(25)7-18/h4-5,10H,2-3,6-8H2,1H3,(H,22,25). The van der Waals surface area contributed by atoms with Gasteiger partial charge in [-0.1, -0.05) is 5.16 Å². The first-order valence-corrected chi connectivity index (χ1v) is 9.84. The van der Waals surface area contributed by atoms with E-state index >= 15 is 0 Å². The van der Waals surface area contributed by atoms with Gasteiger partial charge in [-0.2, -0.15) is 13.2 Å². The van der Waals surface area contributed by atoms with Crippen molar-refractivity contribution in [2.24, 2.45) is 0 Å². The van der Waals surface area contributed by atoms with Gasteiger partial charge in [0.25, 0.3) is 5.91 Å². The largest absolute Gasteiger partial charge is 0.452 e. The van der Waals surface area contributed by atoms with Crippen molar-refractivity contribution in [3.63, 3.8) is 0 Å². The Labute approximate surface area is 167 Å². The lowest BCUT2D eigenvalue weighted by Crippen LogP contribution is -2.49. The van der Waals surface area contributed by atoms with Gasteiger partial charge in [-0.25, -0.2) is 0 Å². The predicted octanol–water partition coefficient (Wildman–Crippen LogP) is 3.69. The fourth-order valence-corrected chi connectivity index (χ4v) is 4.20. The monoisotopic (exact) mass is 435 g/mol. The molecule has 0 radical (unpaired) electrons. The molecule has 3 heterocycles. The molecule has 152 valence electrons. The number of nitrogens with one attached hydrogen (secondary N) is 1. The van der Waals surface area contributed by atoms with Crippen molar-refractivity contribution in [1.29, 1.82) is 0 Å². The molecule has 0 saturated carbocycles. The first-order chi connectivity index (χ1) is 13.2. The molecule has 1 aliphatic heterocycles. The molecule has 3 rings (SSSR count). The van der Waals surface area contributed by atoms with Crippen molar-refractivity contribution < 1.29 is 27.3 Å². The third-order valence-electron chi connectivity index (χ3n) is 4.43. The summed E-state index contributed by atoms with van der Waals surface area (Å²) >= 11 is 6.55. The smallest absolute Gasteiger partial charge is 0.351 e. The molecule has 6 nitrogen and oxygen atoms in total. The van der Waals surface area contributed by atoms with E-state index in [4.69, 9.17) is 11.6 Å². The summed E-state index contributed by atoms with van der Waals surface area (Å²) < 4.78 is 43.1. The number of nitrogens with zero attached hydrogens (tertiary/aromatic N) is 2. The zero-order valence-electron chi connectivity index (χ0n) is 14.8. The maximum atomic E-state index is 12.9. The number of amides is 2. The van der Waals surface area contributed by atoms with Crippen molar-refractivity contribution in [1.82, 2.24) is 15.4 Å². The van der Waals surface area contributed by atoms with Crippen LogP contribution in [-0.2, 0) is 11.0 Å². The number of aromatic nitrogens is 1. The normalized spacial score (nSPS) is 17.6. The van der Waals surface area contributed by atoms with Crippen LogP contribution in [-0.4, -0.2) is 46.9 Å². The van der Waals surface area contributed by atoms with Crippen LogP contribution < -0.4 is 5.32 Å². The van der Waals surface area contributed by atoms with Gasteiger partial charge in [0.05, 0.1) is 9.75 Å². The molecule has 0 aliphatic carbocycles. The topological polar surface area (TPSA) is 75.4 Å². The molecule has 0 bridgehead atoms. The van der Waals surface area contributed by atoms with Crippen LogP contribution >= 0.6 is 22.9 Å². The maximum Gasteiger partial charge on any atom is 0.452 e. The van der Waals surface area contributed by atoms with Crippen molar-refractivity contribution >= 4 is 34.8 Å². The molecule has 1 saturated heterocycles. The first kappa shape index (κ1) is 20.7. The molecule has 1 aliphatic rings.